The summed E-state index contributed by atoms with van der Waals surface area (Å²) in [6, 6.07) is 9.90. The summed E-state index contributed by atoms with van der Waals surface area (Å²) in [4.78, 5) is 8.44. The van der Waals surface area contributed by atoms with E-state index in [2.05, 4.69) is 35.2 Å². The zero-order chi connectivity index (χ0) is 15.2. The van der Waals surface area contributed by atoms with Crippen LogP contribution in [-0.2, 0) is 6.54 Å². The Balaban J connectivity index is 0.00000242. The van der Waals surface area contributed by atoms with E-state index in [1.165, 1.54) is 11.1 Å². The predicted molar refractivity (Wildman–Crippen MR) is 101 cm³/mol. The van der Waals surface area contributed by atoms with Gasteiger partial charge in [-0.15, -0.1) is 24.0 Å². The third-order valence-electron chi connectivity index (χ3n) is 2.93. The number of guanidine groups is 1. The van der Waals surface area contributed by atoms with E-state index in [1.54, 1.807) is 19.4 Å². The summed E-state index contributed by atoms with van der Waals surface area (Å²) in [6.45, 7) is 4.57. The van der Waals surface area contributed by atoms with Crippen molar-refractivity contribution in [3.05, 3.63) is 53.2 Å². The Morgan fingerprint density at radius 3 is 2.45 bits per heavy atom. The predicted octanol–water partition coefficient (Wildman–Crippen LogP) is 3.25. The molecule has 0 radical (unpaired) electrons. The SMILES string of the molecule is COc1ccc(CN=C(N)Nc2cc(C)cc(C)c2)cn1.I. The lowest BCUT2D eigenvalue weighted by Crippen LogP contribution is -2.22. The number of nitrogens with one attached hydrogen (secondary N) is 1. The molecule has 22 heavy (non-hydrogen) atoms. The van der Waals surface area contributed by atoms with E-state index >= 15 is 0 Å². The minimum atomic E-state index is 0. The number of aliphatic imine (C=N–C) groups is 1. The monoisotopic (exact) mass is 412 g/mol. The van der Waals surface area contributed by atoms with Crippen LogP contribution in [0.2, 0.25) is 0 Å². The molecule has 1 aromatic heterocycles. The highest BCUT2D eigenvalue weighted by Gasteiger charge is 1.99. The number of ether oxygens (including phenoxy) is 1. The van der Waals surface area contributed by atoms with Crippen molar-refractivity contribution >= 4 is 35.6 Å². The number of nitrogens with zero attached hydrogens (tertiary/aromatic N) is 2. The molecule has 6 heteroatoms. The van der Waals surface area contributed by atoms with Gasteiger partial charge in [0.1, 0.15) is 0 Å². The van der Waals surface area contributed by atoms with Crippen molar-refractivity contribution in [2.24, 2.45) is 10.7 Å². The van der Waals surface area contributed by atoms with E-state index in [0.717, 1.165) is 11.3 Å². The number of aryl methyl sites for hydroxylation is 2. The smallest absolute Gasteiger partial charge is 0.212 e. The summed E-state index contributed by atoms with van der Waals surface area (Å²) in [5.41, 5.74) is 10.2. The normalized spacial score (nSPS) is 10.8. The topological polar surface area (TPSA) is 72.5 Å². The number of halogens is 1. The molecule has 0 aliphatic rings. The number of hydrogen-bond acceptors (Lipinski definition) is 3. The van der Waals surface area contributed by atoms with Crippen LogP contribution in [0.25, 0.3) is 0 Å². The van der Waals surface area contributed by atoms with Crippen LogP contribution in [0.1, 0.15) is 16.7 Å². The van der Waals surface area contributed by atoms with Crippen LogP contribution < -0.4 is 15.8 Å². The average molecular weight is 412 g/mol. The minimum absolute atomic E-state index is 0. The first-order valence-electron chi connectivity index (χ1n) is 6.71. The number of nitrogens with two attached hydrogens (primary N) is 1. The number of hydrogen-bond donors (Lipinski definition) is 2. The minimum Gasteiger partial charge on any atom is -0.481 e. The van der Waals surface area contributed by atoms with Crippen molar-refractivity contribution in [3.8, 4) is 5.88 Å². The van der Waals surface area contributed by atoms with E-state index in [-0.39, 0.29) is 24.0 Å². The number of pyridine rings is 1. The Morgan fingerprint density at radius 2 is 1.91 bits per heavy atom. The molecule has 0 saturated heterocycles. The second-order valence-electron chi connectivity index (χ2n) is 4.91. The highest BCUT2D eigenvalue weighted by Crippen LogP contribution is 2.13. The Bertz CT molecular complexity index is 621. The standard InChI is InChI=1S/C16H20N4O.HI/c1-11-6-12(2)8-14(7-11)20-16(17)19-10-13-4-5-15(21-3)18-9-13;/h4-9H,10H2,1-3H3,(H3,17,19,20);1H. The number of benzene rings is 1. The van der Waals surface area contributed by atoms with Gasteiger partial charge in [0.2, 0.25) is 5.88 Å². The van der Waals surface area contributed by atoms with Crippen molar-refractivity contribution < 1.29 is 4.74 Å². The second kappa shape index (κ2) is 8.57. The molecule has 1 aromatic carbocycles. The maximum absolute atomic E-state index is 5.90. The first-order chi connectivity index (χ1) is 10.1. The van der Waals surface area contributed by atoms with Crippen LogP contribution >= 0.6 is 24.0 Å². The fourth-order valence-electron chi connectivity index (χ4n) is 2.04. The fraction of sp³-hybridized carbons (Fsp3) is 0.250. The lowest BCUT2D eigenvalue weighted by Gasteiger charge is -2.08. The molecule has 0 aliphatic heterocycles. The summed E-state index contributed by atoms with van der Waals surface area (Å²) >= 11 is 0. The molecule has 1 heterocycles. The Labute approximate surface area is 148 Å². The Morgan fingerprint density at radius 1 is 1.23 bits per heavy atom. The highest BCUT2D eigenvalue weighted by atomic mass is 127. The molecule has 0 atom stereocenters. The Hall–Kier alpha value is -1.83. The van der Waals surface area contributed by atoms with E-state index < -0.39 is 0 Å². The molecule has 2 aromatic rings. The summed E-state index contributed by atoms with van der Waals surface area (Å²) in [7, 11) is 1.59. The third kappa shape index (κ3) is 5.51. The van der Waals surface area contributed by atoms with Crippen LogP contribution in [0.4, 0.5) is 5.69 Å². The third-order valence-corrected chi connectivity index (χ3v) is 2.93. The molecule has 0 unspecified atom stereocenters. The van der Waals surface area contributed by atoms with Gasteiger partial charge < -0.3 is 15.8 Å². The summed E-state index contributed by atoms with van der Waals surface area (Å²) in [6.07, 6.45) is 1.73. The van der Waals surface area contributed by atoms with Gasteiger partial charge in [-0.3, -0.25) is 0 Å². The highest BCUT2D eigenvalue weighted by molar-refractivity contribution is 14.0. The van der Waals surface area contributed by atoms with Crippen molar-refractivity contribution in [2.45, 2.75) is 20.4 Å². The maximum atomic E-state index is 5.90. The van der Waals surface area contributed by atoms with Crippen molar-refractivity contribution in [3.63, 3.8) is 0 Å². The quantitative estimate of drug-likeness (QED) is 0.460. The largest absolute Gasteiger partial charge is 0.481 e. The molecule has 118 valence electrons. The van der Waals surface area contributed by atoms with Gasteiger partial charge in [-0.2, -0.15) is 0 Å². The molecule has 0 bridgehead atoms. The van der Waals surface area contributed by atoms with Gasteiger partial charge in [-0.1, -0.05) is 12.1 Å². The molecule has 0 saturated carbocycles. The van der Waals surface area contributed by atoms with Crippen LogP contribution in [0, 0.1) is 13.8 Å². The first kappa shape index (κ1) is 18.2. The van der Waals surface area contributed by atoms with Gasteiger partial charge in [0, 0.05) is 18.0 Å². The van der Waals surface area contributed by atoms with Crippen LogP contribution in [0.15, 0.2) is 41.5 Å². The molecule has 0 aliphatic carbocycles. The molecular formula is C16H21IN4O. The molecule has 3 N–H and O–H groups in total. The molecular weight excluding hydrogens is 391 g/mol. The van der Waals surface area contributed by atoms with Gasteiger partial charge in [0.15, 0.2) is 5.96 Å². The number of methoxy groups -OCH3 is 1. The van der Waals surface area contributed by atoms with E-state index in [0.29, 0.717) is 18.4 Å². The zero-order valence-electron chi connectivity index (χ0n) is 13.0. The van der Waals surface area contributed by atoms with Crippen LogP contribution in [0.3, 0.4) is 0 Å². The zero-order valence-corrected chi connectivity index (χ0v) is 15.3. The number of rotatable bonds is 4. The number of anilines is 1. The van der Waals surface area contributed by atoms with Gasteiger partial charge in [-0.25, -0.2) is 9.98 Å². The lowest BCUT2D eigenvalue weighted by molar-refractivity contribution is 0.397. The van der Waals surface area contributed by atoms with Gasteiger partial charge >= 0.3 is 0 Å². The van der Waals surface area contributed by atoms with E-state index in [9.17, 15) is 0 Å². The van der Waals surface area contributed by atoms with Gasteiger partial charge in [0.25, 0.3) is 0 Å². The van der Waals surface area contributed by atoms with Crippen molar-refractivity contribution in [1.29, 1.82) is 0 Å². The summed E-state index contributed by atoms with van der Waals surface area (Å²) in [5.74, 6) is 0.972. The summed E-state index contributed by atoms with van der Waals surface area (Å²) in [5, 5.41) is 3.10. The first-order valence-corrected chi connectivity index (χ1v) is 6.71. The Kier molecular flexibility index (Phi) is 7.10. The average Bonchev–Trinajstić information content (AvgIpc) is 2.44. The maximum Gasteiger partial charge on any atom is 0.212 e. The van der Waals surface area contributed by atoms with E-state index in [4.69, 9.17) is 10.5 Å². The lowest BCUT2D eigenvalue weighted by atomic mass is 10.1. The van der Waals surface area contributed by atoms with Crippen molar-refractivity contribution in [2.75, 3.05) is 12.4 Å². The molecule has 0 fully saturated rings. The van der Waals surface area contributed by atoms with Gasteiger partial charge in [0.05, 0.1) is 13.7 Å². The fourth-order valence-corrected chi connectivity index (χ4v) is 2.04. The second-order valence-corrected chi connectivity index (χ2v) is 4.91. The van der Waals surface area contributed by atoms with E-state index in [1.807, 2.05) is 18.2 Å². The van der Waals surface area contributed by atoms with Crippen LogP contribution in [0.5, 0.6) is 5.88 Å². The van der Waals surface area contributed by atoms with Gasteiger partial charge in [-0.05, 0) is 42.7 Å². The van der Waals surface area contributed by atoms with Crippen molar-refractivity contribution in [1.82, 2.24) is 4.98 Å². The molecule has 0 spiro atoms. The number of aromatic nitrogens is 1. The van der Waals surface area contributed by atoms with Crippen LogP contribution in [-0.4, -0.2) is 18.1 Å². The summed E-state index contributed by atoms with van der Waals surface area (Å²) < 4.78 is 5.01. The molecule has 2 rings (SSSR count). The molecule has 5 nitrogen and oxygen atoms in total. The molecule has 0 amide bonds.